The highest BCUT2D eigenvalue weighted by Gasteiger charge is 2.29. The number of aryl methyl sites for hydroxylation is 2. The summed E-state index contributed by atoms with van der Waals surface area (Å²) in [6.45, 7) is 12.5. The molecular weight excluding hydrogens is 250 g/mol. The van der Waals surface area contributed by atoms with E-state index in [2.05, 4.69) is 34.1 Å². The Kier molecular flexibility index (Phi) is 4.10. The summed E-state index contributed by atoms with van der Waals surface area (Å²) in [5.74, 6) is 0. The maximum atomic E-state index is 4.53. The molecule has 1 N–H and O–H groups in total. The minimum Gasteiger partial charge on any atom is -0.314 e. The van der Waals surface area contributed by atoms with Gasteiger partial charge in [-0.25, -0.2) is 0 Å². The third-order valence-corrected chi connectivity index (χ3v) is 4.96. The van der Waals surface area contributed by atoms with Gasteiger partial charge in [0.2, 0.25) is 0 Å². The normalized spacial score (nSPS) is 25.4. The lowest BCUT2D eigenvalue weighted by atomic mass is 10.2. The van der Waals surface area contributed by atoms with Crippen LogP contribution in [0.25, 0.3) is 0 Å². The van der Waals surface area contributed by atoms with E-state index in [-0.39, 0.29) is 0 Å². The summed E-state index contributed by atoms with van der Waals surface area (Å²) in [7, 11) is 2.04. The van der Waals surface area contributed by atoms with Crippen molar-refractivity contribution in [2.45, 2.75) is 32.9 Å². The minimum absolute atomic E-state index is 0.759. The van der Waals surface area contributed by atoms with Gasteiger partial charge in [0.15, 0.2) is 0 Å². The number of nitrogens with one attached hydrogen (secondary N) is 1. The summed E-state index contributed by atoms with van der Waals surface area (Å²) in [5.41, 5.74) is 3.93. The van der Waals surface area contributed by atoms with Crippen LogP contribution in [0.15, 0.2) is 0 Å². The molecule has 3 heterocycles. The van der Waals surface area contributed by atoms with Crippen LogP contribution in [-0.2, 0) is 13.6 Å². The van der Waals surface area contributed by atoms with E-state index in [0.29, 0.717) is 0 Å². The standard InChI is InChI=1S/C15H27N5/c1-12-15(13(2)18(3)17-12)11-19-7-4-14(10-19)20-8-5-16-6-9-20/h14,16H,4-11H2,1-3H3. The number of piperazine rings is 1. The van der Waals surface area contributed by atoms with E-state index in [9.17, 15) is 0 Å². The van der Waals surface area contributed by atoms with Crippen LogP contribution >= 0.6 is 0 Å². The SMILES string of the molecule is Cc1nn(C)c(C)c1CN1CCC(N2CCNCC2)C1. The molecule has 0 aromatic carbocycles. The highest BCUT2D eigenvalue weighted by Crippen LogP contribution is 2.21. The van der Waals surface area contributed by atoms with Gasteiger partial charge in [-0.2, -0.15) is 5.10 Å². The molecule has 0 spiro atoms. The van der Waals surface area contributed by atoms with Crippen LogP contribution in [0.3, 0.4) is 0 Å². The topological polar surface area (TPSA) is 36.3 Å². The lowest BCUT2D eigenvalue weighted by Gasteiger charge is -2.32. The third-order valence-electron chi connectivity index (χ3n) is 4.96. The molecule has 1 aromatic heterocycles. The van der Waals surface area contributed by atoms with Gasteiger partial charge in [0, 0.05) is 70.2 Å². The average molecular weight is 277 g/mol. The average Bonchev–Trinajstić information content (AvgIpc) is 3.01. The Morgan fingerprint density at radius 2 is 1.95 bits per heavy atom. The zero-order valence-corrected chi connectivity index (χ0v) is 13.0. The van der Waals surface area contributed by atoms with Crippen molar-refractivity contribution in [3.63, 3.8) is 0 Å². The molecule has 20 heavy (non-hydrogen) atoms. The van der Waals surface area contributed by atoms with E-state index in [0.717, 1.165) is 25.7 Å². The van der Waals surface area contributed by atoms with Gasteiger partial charge in [-0.3, -0.25) is 14.5 Å². The van der Waals surface area contributed by atoms with Crippen LogP contribution in [0.1, 0.15) is 23.4 Å². The molecule has 0 radical (unpaired) electrons. The van der Waals surface area contributed by atoms with Gasteiger partial charge in [-0.1, -0.05) is 0 Å². The lowest BCUT2D eigenvalue weighted by Crippen LogP contribution is -2.49. The number of likely N-dealkylation sites (tertiary alicyclic amines) is 1. The van der Waals surface area contributed by atoms with Gasteiger partial charge in [0.25, 0.3) is 0 Å². The van der Waals surface area contributed by atoms with Crippen molar-refractivity contribution < 1.29 is 0 Å². The Balaban J connectivity index is 1.60. The molecule has 2 aliphatic heterocycles. The Labute approximate surface area is 121 Å². The van der Waals surface area contributed by atoms with Crippen LogP contribution in [-0.4, -0.2) is 64.9 Å². The Bertz CT molecular complexity index is 461. The predicted octanol–water partition coefficient (Wildman–Crippen LogP) is 0.516. The van der Waals surface area contributed by atoms with Crippen molar-refractivity contribution in [1.29, 1.82) is 0 Å². The molecule has 0 amide bonds. The first kappa shape index (κ1) is 14.0. The van der Waals surface area contributed by atoms with E-state index in [1.54, 1.807) is 0 Å². The van der Waals surface area contributed by atoms with Gasteiger partial charge < -0.3 is 5.32 Å². The zero-order chi connectivity index (χ0) is 14.1. The number of rotatable bonds is 3. The van der Waals surface area contributed by atoms with E-state index >= 15 is 0 Å². The molecule has 2 saturated heterocycles. The molecule has 5 nitrogen and oxygen atoms in total. The third kappa shape index (κ3) is 2.75. The summed E-state index contributed by atoms with van der Waals surface area (Å²) >= 11 is 0. The smallest absolute Gasteiger partial charge is 0.0641 e. The fourth-order valence-corrected chi connectivity index (χ4v) is 3.57. The highest BCUT2D eigenvalue weighted by molar-refractivity contribution is 5.24. The maximum Gasteiger partial charge on any atom is 0.0641 e. The first-order valence-corrected chi connectivity index (χ1v) is 7.81. The van der Waals surface area contributed by atoms with Crippen molar-refractivity contribution in [2.75, 3.05) is 39.3 Å². The fraction of sp³-hybridized carbons (Fsp3) is 0.800. The molecule has 1 atom stereocenters. The minimum atomic E-state index is 0.759. The maximum absolute atomic E-state index is 4.53. The summed E-state index contributed by atoms with van der Waals surface area (Å²) < 4.78 is 2.01. The molecule has 0 aliphatic carbocycles. The number of hydrogen-bond acceptors (Lipinski definition) is 4. The van der Waals surface area contributed by atoms with Crippen molar-refractivity contribution in [2.24, 2.45) is 7.05 Å². The molecular formula is C15H27N5. The van der Waals surface area contributed by atoms with Crippen LogP contribution in [0.4, 0.5) is 0 Å². The highest BCUT2D eigenvalue weighted by atomic mass is 15.3. The molecule has 3 rings (SSSR count). The Hall–Kier alpha value is -0.910. The first-order chi connectivity index (χ1) is 9.65. The molecule has 2 aliphatic rings. The summed E-state index contributed by atoms with van der Waals surface area (Å²) in [6, 6.07) is 0.759. The van der Waals surface area contributed by atoms with E-state index in [4.69, 9.17) is 0 Å². The monoisotopic (exact) mass is 277 g/mol. The van der Waals surface area contributed by atoms with Gasteiger partial charge in [-0.05, 0) is 20.3 Å². The molecule has 2 fully saturated rings. The van der Waals surface area contributed by atoms with Crippen molar-refractivity contribution in [3.8, 4) is 0 Å². The molecule has 1 unspecified atom stereocenters. The van der Waals surface area contributed by atoms with Gasteiger partial charge in [0.05, 0.1) is 5.69 Å². The van der Waals surface area contributed by atoms with Crippen LogP contribution in [0, 0.1) is 13.8 Å². The quantitative estimate of drug-likeness (QED) is 0.874. The molecule has 1 aromatic rings. The van der Waals surface area contributed by atoms with Crippen molar-refractivity contribution in [3.05, 3.63) is 17.0 Å². The van der Waals surface area contributed by atoms with Crippen LogP contribution in [0.5, 0.6) is 0 Å². The van der Waals surface area contributed by atoms with E-state index in [1.165, 1.54) is 49.6 Å². The molecule has 0 saturated carbocycles. The molecule has 0 bridgehead atoms. The number of aromatic nitrogens is 2. The first-order valence-electron chi connectivity index (χ1n) is 7.81. The van der Waals surface area contributed by atoms with Gasteiger partial charge >= 0.3 is 0 Å². The lowest BCUT2D eigenvalue weighted by molar-refractivity contribution is 0.170. The number of nitrogens with zero attached hydrogens (tertiary/aromatic N) is 4. The second-order valence-corrected chi connectivity index (χ2v) is 6.24. The van der Waals surface area contributed by atoms with Crippen LogP contribution in [0.2, 0.25) is 0 Å². The van der Waals surface area contributed by atoms with Crippen molar-refractivity contribution >= 4 is 0 Å². The molecule has 112 valence electrons. The molecule has 5 heteroatoms. The van der Waals surface area contributed by atoms with Crippen molar-refractivity contribution in [1.82, 2.24) is 24.9 Å². The number of hydrogen-bond donors (Lipinski definition) is 1. The second kappa shape index (κ2) is 5.84. The predicted molar refractivity (Wildman–Crippen MR) is 80.8 cm³/mol. The second-order valence-electron chi connectivity index (χ2n) is 6.24. The van der Waals surface area contributed by atoms with E-state index in [1.807, 2.05) is 11.7 Å². The van der Waals surface area contributed by atoms with Gasteiger partial charge in [-0.15, -0.1) is 0 Å². The van der Waals surface area contributed by atoms with Gasteiger partial charge in [0.1, 0.15) is 0 Å². The van der Waals surface area contributed by atoms with Crippen LogP contribution < -0.4 is 5.32 Å². The Morgan fingerprint density at radius 1 is 1.20 bits per heavy atom. The largest absolute Gasteiger partial charge is 0.314 e. The van der Waals surface area contributed by atoms with E-state index < -0.39 is 0 Å². The fourth-order valence-electron chi connectivity index (χ4n) is 3.57. The summed E-state index contributed by atoms with van der Waals surface area (Å²) in [5, 5.41) is 7.97. The summed E-state index contributed by atoms with van der Waals surface area (Å²) in [6.07, 6.45) is 1.32. The Morgan fingerprint density at radius 3 is 2.60 bits per heavy atom. The summed E-state index contributed by atoms with van der Waals surface area (Å²) in [4.78, 5) is 5.27. The zero-order valence-electron chi connectivity index (χ0n) is 13.0.